The zero-order valence-electron chi connectivity index (χ0n) is 19.5. The van der Waals surface area contributed by atoms with Crippen molar-refractivity contribution in [3.8, 4) is 0 Å². The summed E-state index contributed by atoms with van der Waals surface area (Å²) >= 11 is 6.20. The number of hydrogen-bond donors (Lipinski definition) is 1. The average Bonchev–Trinajstić information content (AvgIpc) is 2.90. The number of carboxylic acid groups (broad SMARTS) is 1. The number of allylic oxidation sites excluding steroid dienone is 4. The largest absolute Gasteiger partial charge is 0.479 e. The fourth-order valence-corrected chi connectivity index (χ4v) is 4.60. The summed E-state index contributed by atoms with van der Waals surface area (Å²) in [5.74, 6) is -1.00. The van der Waals surface area contributed by atoms with Crippen LogP contribution in [0.5, 0.6) is 0 Å². The van der Waals surface area contributed by atoms with Gasteiger partial charge in [-0.3, -0.25) is 0 Å². The molecule has 0 amide bonds. The van der Waals surface area contributed by atoms with Crippen LogP contribution in [0, 0.1) is 20.8 Å². The molecular formula is C25H33ClN2O3. The maximum atomic E-state index is 12.4. The highest BCUT2D eigenvalue weighted by molar-refractivity contribution is 6.31. The highest BCUT2D eigenvalue weighted by Crippen LogP contribution is 2.42. The van der Waals surface area contributed by atoms with Crippen molar-refractivity contribution >= 4 is 28.6 Å². The lowest BCUT2D eigenvalue weighted by Crippen LogP contribution is -2.29. The summed E-state index contributed by atoms with van der Waals surface area (Å²) < 4.78 is 8.33. The molecule has 2 heterocycles. The van der Waals surface area contributed by atoms with E-state index >= 15 is 0 Å². The number of nitrogens with zero attached hydrogens (tertiary/aromatic N) is 2. The normalized spacial score (nSPS) is 17.8. The van der Waals surface area contributed by atoms with Gasteiger partial charge in [-0.1, -0.05) is 30.7 Å². The van der Waals surface area contributed by atoms with E-state index in [1.165, 1.54) is 5.69 Å². The molecule has 2 atom stereocenters. The predicted molar refractivity (Wildman–Crippen MR) is 126 cm³/mol. The Hall–Kier alpha value is -2.11. The second-order valence-electron chi connectivity index (χ2n) is 9.32. The van der Waals surface area contributed by atoms with Crippen LogP contribution in [-0.4, -0.2) is 26.2 Å². The van der Waals surface area contributed by atoms with Crippen LogP contribution >= 0.6 is 11.6 Å². The van der Waals surface area contributed by atoms with Gasteiger partial charge in [0.25, 0.3) is 0 Å². The summed E-state index contributed by atoms with van der Waals surface area (Å²) in [6, 6.07) is 0. The molecule has 1 aliphatic rings. The van der Waals surface area contributed by atoms with Crippen molar-refractivity contribution in [3.05, 3.63) is 51.3 Å². The standard InChI is InChI=1S/C25H33ClN2O3/c1-8-13-28-16(4)14(2)19-21(17-9-11-18(26)12-10-17)20(15(3)27-23(19)28)22(24(29)30)31-25(5,6)7/h9,11-12,17,22H,8,10,13H2,1-7H3,(H,29,30). The summed E-state index contributed by atoms with van der Waals surface area (Å²) in [6.45, 7) is 14.7. The quantitative estimate of drug-likeness (QED) is 0.553. The van der Waals surface area contributed by atoms with E-state index in [1.807, 2.05) is 39.8 Å². The summed E-state index contributed by atoms with van der Waals surface area (Å²) in [4.78, 5) is 17.3. The van der Waals surface area contributed by atoms with E-state index in [4.69, 9.17) is 21.3 Å². The smallest absolute Gasteiger partial charge is 0.337 e. The first-order chi connectivity index (χ1) is 14.5. The number of fused-ring (bicyclic) bond motifs is 1. The number of carboxylic acids is 1. The zero-order valence-corrected chi connectivity index (χ0v) is 20.3. The van der Waals surface area contributed by atoms with Gasteiger partial charge < -0.3 is 14.4 Å². The van der Waals surface area contributed by atoms with E-state index in [2.05, 4.69) is 31.4 Å². The van der Waals surface area contributed by atoms with Crippen LogP contribution in [0.1, 0.15) is 80.6 Å². The molecule has 3 rings (SSSR count). The number of aliphatic carboxylic acids is 1. The number of halogens is 1. The number of carbonyl (C=O) groups is 1. The maximum Gasteiger partial charge on any atom is 0.337 e. The maximum absolute atomic E-state index is 12.4. The van der Waals surface area contributed by atoms with Crippen molar-refractivity contribution in [1.29, 1.82) is 0 Å². The lowest BCUT2D eigenvalue weighted by Gasteiger charge is -2.29. The molecule has 6 heteroatoms. The number of pyridine rings is 1. The van der Waals surface area contributed by atoms with Gasteiger partial charge in [0.2, 0.25) is 0 Å². The van der Waals surface area contributed by atoms with Crippen LogP contribution in [0.25, 0.3) is 11.0 Å². The Kier molecular flexibility index (Phi) is 6.68. The second-order valence-corrected chi connectivity index (χ2v) is 9.76. The molecule has 0 radical (unpaired) electrons. The molecule has 31 heavy (non-hydrogen) atoms. The highest BCUT2D eigenvalue weighted by Gasteiger charge is 2.35. The fourth-order valence-electron chi connectivity index (χ4n) is 4.44. The van der Waals surface area contributed by atoms with Gasteiger partial charge in [-0.15, -0.1) is 0 Å². The number of aryl methyl sites for hydroxylation is 3. The Bertz CT molecular complexity index is 1070. The fraction of sp³-hybridized carbons (Fsp3) is 0.520. The van der Waals surface area contributed by atoms with E-state index in [-0.39, 0.29) is 5.92 Å². The third-order valence-electron chi connectivity index (χ3n) is 5.86. The van der Waals surface area contributed by atoms with E-state index < -0.39 is 17.7 Å². The summed E-state index contributed by atoms with van der Waals surface area (Å²) in [6.07, 6.45) is 6.56. The van der Waals surface area contributed by atoms with Gasteiger partial charge in [-0.25, -0.2) is 9.78 Å². The molecule has 168 valence electrons. The minimum absolute atomic E-state index is 0.00250. The number of aromatic nitrogens is 2. The van der Waals surface area contributed by atoms with Crippen LogP contribution in [0.15, 0.2) is 23.3 Å². The SMILES string of the molecule is CCCn1c(C)c(C)c2c(C3C=CC(Cl)=CC3)c(C(OC(C)(C)C)C(=O)O)c(C)nc21. The Labute approximate surface area is 189 Å². The Morgan fingerprint density at radius 2 is 2.03 bits per heavy atom. The summed E-state index contributed by atoms with van der Waals surface area (Å²) in [5, 5.41) is 11.9. The molecule has 0 spiro atoms. The molecule has 2 unspecified atom stereocenters. The molecule has 0 saturated heterocycles. The second kappa shape index (κ2) is 8.79. The lowest BCUT2D eigenvalue weighted by atomic mass is 9.84. The van der Waals surface area contributed by atoms with E-state index in [0.717, 1.165) is 35.1 Å². The van der Waals surface area contributed by atoms with Gasteiger partial charge >= 0.3 is 5.97 Å². The first-order valence-corrected chi connectivity index (χ1v) is 11.3. The number of hydrogen-bond acceptors (Lipinski definition) is 3. The first kappa shape index (κ1) is 23.6. The Morgan fingerprint density at radius 1 is 1.35 bits per heavy atom. The minimum Gasteiger partial charge on any atom is -0.479 e. The average molecular weight is 445 g/mol. The molecule has 1 N–H and O–H groups in total. The van der Waals surface area contributed by atoms with Gasteiger partial charge in [0.1, 0.15) is 5.65 Å². The van der Waals surface area contributed by atoms with Crippen molar-refractivity contribution < 1.29 is 14.6 Å². The molecule has 2 aromatic heterocycles. The van der Waals surface area contributed by atoms with Crippen molar-refractivity contribution in [3.63, 3.8) is 0 Å². The van der Waals surface area contributed by atoms with Gasteiger partial charge in [0.15, 0.2) is 6.10 Å². The molecule has 0 aromatic carbocycles. The summed E-state index contributed by atoms with van der Waals surface area (Å²) in [5.41, 5.74) is 4.95. The third kappa shape index (κ3) is 4.58. The van der Waals surface area contributed by atoms with Gasteiger partial charge in [-0.05, 0) is 71.6 Å². The summed E-state index contributed by atoms with van der Waals surface area (Å²) in [7, 11) is 0. The zero-order chi connectivity index (χ0) is 23.1. The van der Waals surface area contributed by atoms with Crippen LogP contribution < -0.4 is 0 Å². The van der Waals surface area contributed by atoms with Crippen molar-refractivity contribution in [1.82, 2.24) is 9.55 Å². The first-order valence-electron chi connectivity index (χ1n) is 10.9. The molecule has 5 nitrogen and oxygen atoms in total. The number of rotatable bonds is 6. The van der Waals surface area contributed by atoms with E-state index in [0.29, 0.717) is 22.7 Å². The topological polar surface area (TPSA) is 64.3 Å². The Balaban J connectivity index is 2.40. The molecule has 0 bridgehead atoms. The van der Waals surface area contributed by atoms with Gasteiger partial charge in [0.05, 0.1) is 5.60 Å². The lowest BCUT2D eigenvalue weighted by molar-refractivity contribution is -0.160. The highest BCUT2D eigenvalue weighted by atomic mass is 35.5. The molecule has 0 aliphatic heterocycles. The molecule has 1 aliphatic carbocycles. The van der Waals surface area contributed by atoms with E-state index in [9.17, 15) is 9.90 Å². The van der Waals surface area contributed by atoms with Crippen molar-refractivity contribution in [2.24, 2.45) is 0 Å². The van der Waals surface area contributed by atoms with Gasteiger partial charge in [0, 0.05) is 39.8 Å². The molecule has 0 saturated carbocycles. The van der Waals surface area contributed by atoms with E-state index in [1.54, 1.807) is 0 Å². The van der Waals surface area contributed by atoms with Gasteiger partial charge in [-0.2, -0.15) is 0 Å². The van der Waals surface area contributed by atoms with Crippen LogP contribution in [-0.2, 0) is 16.1 Å². The molecule has 2 aromatic rings. The third-order valence-corrected chi connectivity index (χ3v) is 6.14. The predicted octanol–water partition coefficient (Wildman–Crippen LogP) is 6.48. The Morgan fingerprint density at radius 3 is 2.55 bits per heavy atom. The number of ether oxygens (including phenoxy) is 1. The van der Waals surface area contributed by atoms with Crippen molar-refractivity contribution in [2.45, 2.75) is 85.5 Å². The van der Waals surface area contributed by atoms with Crippen molar-refractivity contribution in [2.75, 3.05) is 0 Å². The minimum atomic E-state index is -1.10. The van der Waals surface area contributed by atoms with Crippen LogP contribution in [0.4, 0.5) is 0 Å². The molecule has 0 fully saturated rings. The van der Waals surface area contributed by atoms with Crippen LogP contribution in [0.2, 0.25) is 0 Å². The monoisotopic (exact) mass is 444 g/mol. The van der Waals surface area contributed by atoms with Crippen LogP contribution in [0.3, 0.4) is 0 Å². The molecular weight excluding hydrogens is 412 g/mol.